The summed E-state index contributed by atoms with van der Waals surface area (Å²) < 4.78 is 32.0. The first kappa shape index (κ1) is 25.6. The van der Waals surface area contributed by atoms with Crippen molar-refractivity contribution in [1.29, 1.82) is 0 Å². The van der Waals surface area contributed by atoms with Crippen LogP contribution >= 0.6 is 0 Å². The number of carbonyl (C=O) groups excluding carboxylic acids is 3. The maximum Gasteiger partial charge on any atom is 0.355 e. The molecular formula is C28H27FN2O7. The maximum absolute atomic E-state index is 14.6. The Hall–Kier alpha value is -4.08. The van der Waals surface area contributed by atoms with E-state index in [1.54, 1.807) is 30.5 Å². The van der Waals surface area contributed by atoms with E-state index >= 15 is 0 Å². The second-order valence-corrected chi connectivity index (χ2v) is 9.64. The Morgan fingerprint density at radius 3 is 2.61 bits per heavy atom. The zero-order valence-electron chi connectivity index (χ0n) is 21.6. The first-order valence-corrected chi connectivity index (χ1v) is 12.5. The number of cyclic esters (lactones) is 1. The van der Waals surface area contributed by atoms with E-state index in [0.29, 0.717) is 35.3 Å². The maximum atomic E-state index is 14.6. The van der Waals surface area contributed by atoms with Crippen molar-refractivity contribution in [1.82, 2.24) is 9.55 Å². The lowest BCUT2D eigenvalue weighted by Gasteiger charge is -2.35. The third-order valence-corrected chi connectivity index (χ3v) is 7.25. The van der Waals surface area contributed by atoms with Gasteiger partial charge in [-0.3, -0.25) is 14.4 Å². The molecule has 2 aromatic heterocycles. The predicted molar refractivity (Wildman–Crippen MR) is 134 cm³/mol. The first-order valence-electron chi connectivity index (χ1n) is 12.5. The minimum Gasteiger partial charge on any atom is -0.466 e. The molecule has 5 rings (SSSR count). The fourth-order valence-electron chi connectivity index (χ4n) is 5.44. The fourth-order valence-corrected chi connectivity index (χ4v) is 5.44. The van der Waals surface area contributed by atoms with Crippen LogP contribution in [0.5, 0.6) is 0 Å². The molecule has 0 spiro atoms. The van der Waals surface area contributed by atoms with Gasteiger partial charge in [-0.25, -0.2) is 14.2 Å². The highest BCUT2D eigenvalue weighted by Crippen LogP contribution is 2.42. The van der Waals surface area contributed by atoms with E-state index in [4.69, 9.17) is 19.2 Å². The predicted octanol–water partition coefficient (Wildman–Crippen LogP) is 3.59. The minimum absolute atomic E-state index is 0.0746. The molecule has 0 amide bonds. The van der Waals surface area contributed by atoms with Gasteiger partial charge < -0.3 is 18.8 Å². The molecule has 0 saturated carbocycles. The Labute approximate surface area is 217 Å². The van der Waals surface area contributed by atoms with Gasteiger partial charge in [-0.15, -0.1) is 0 Å². The van der Waals surface area contributed by atoms with Gasteiger partial charge in [0, 0.05) is 36.4 Å². The minimum atomic E-state index is -1.75. The highest BCUT2D eigenvalue weighted by atomic mass is 19.1. The van der Waals surface area contributed by atoms with Gasteiger partial charge in [0.25, 0.3) is 5.56 Å². The smallest absolute Gasteiger partial charge is 0.355 e. The van der Waals surface area contributed by atoms with Crippen molar-refractivity contribution in [2.24, 2.45) is 0 Å². The number of fused-ring (bicyclic) bond motifs is 5. The average molecular weight is 523 g/mol. The highest BCUT2D eigenvalue weighted by molar-refractivity contribution is 5.90. The van der Waals surface area contributed by atoms with E-state index in [1.807, 2.05) is 0 Å². The van der Waals surface area contributed by atoms with Crippen molar-refractivity contribution < 1.29 is 33.0 Å². The summed E-state index contributed by atoms with van der Waals surface area (Å²) in [5.41, 5.74) is 1.93. The van der Waals surface area contributed by atoms with E-state index in [1.165, 1.54) is 19.9 Å². The normalized spacial score (nSPS) is 17.4. The lowest BCUT2D eigenvalue weighted by Crippen LogP contribution is -2.47. The quantitative estimate of drug-likeness (QED) is 0.214. The molecule has 198 valence electrons. The van der Waals surface area contributed by atoms with E-state index in [2.05, 4.69) is 0 Å². The van der Waals surface area contributed by atoms with E-state index < -0.39 is 23.4 Å². The van der Waals surface area contributed by atoms with Crippen LogP contribution in [-0.4, -0.2) is 34.1 Å². The van der Waals surface area contributed by atoms with Gasteiger partial charge in [0.1, 0.15) is 12.4 Å². The summed E-state index contributed by atoms with van der Waals surface area (Å²) in [6, 6.07) is 4.78. The van der Waals surface area contributed by atoms with Crippen molar-refractivity contribution >= 4 is 28.8 Å². The Morgan fingerprint density at radius 2 is 1.92 bits per heavy atom. The molecule has 38 heavy (non-hydrogen) atoms. The molecule has 0 unspecified atom stereocenters. The van der Waals surface area contributed by atoms with Crippen LogP contribution < -0.4 is 5.56 Å². The van der Waals surface area contributed by atoms with Crippen molar-refractivity contribution in [3.8, 4) is 11.4 Å². The fraction of sp³-hybridized carbons (Fsp3) is 0.393. The first-order chi connectivity index (χ1) is 18.1. The molecule has 1 atom stereocenters. The van der Waals surface area contributed by atoms with Gasteiger partial charge in [0.2, 0.25) is 5.60 Å². The van der Waals surface area contributed by atoms with Gasteiger partial charge in [0.05, 0.1) is 35.6 Å². The topological polar surface area (TPSA) is 114 Å². The number of halogens is 1. The third kappa shape index (κ3) is 3.95. The molecule has 0 aliphatic carbocycles. The van der Waals surface area contributed by atoms with Gasteiger partial charge in [-0.2, -0.15) is 0 Å². The molecule has 0 fully saturated rings. The Balaban J connectivity index is 1.73. The number of nitrogens with zero attached hydrogens (tertiary/aromatic N) is 2. The van der Waals surface area contributed by atoms with E-state index in [9.17, 15) is 23.6 Å². The molecule has 0 radical (unpaired) electrons. The number of rotatable bonds is 6. The molecule has 4 heterocycles. The molecule has 0 N–H and O–H groups in total. The van der Waals surface area contributed by atoms with Crippen molar-refractivity contribution in [3.05, 3.63) is 62.2 Å². The van der Waals surface area contributed by atoms with Crippen molar-refractivity contribution in [2.75, 3.05) is 6.61 Å². The largest absolute Gasteiger partial charge is 0.466 e. The zero-order valence-corrected chi connectivity index (χ0v) is 21.6. The number of esters is 3. The number of aryl methyl sites for hydroxylation is 2. The van der Waals surface area contributed by atoms with Gasteiger partial charge >= 0.3 is 17.9 Å². The molecule has 9 nitrogen and oxygen atoms in total. The molecular weight excluding hydrogens is 495 g/mol. The summed E-state index contributed by atoms with van der Waals surface area (Å²) in [4.78, 5) is 54.6. The second kappa shape index (κ2) is 9.34. The van der Waals surface area contributed by atoms with Gasteiger partial charge in [-0.05, 0) is 49.4 Å². The molecule has 3 aromatic rings. The van der Waals surface area contributed by atoms with Crippen molar-refractivity contribution in [3.63, 3.8) is 0 Å². The molecule has 0 saturated heterocycles. The summed E-state index contributed by atoms with van der Waals surface area (Å²) in [6.45, 7) is 6.10. The summed E-state index contributed by atoms with van der Waals surface area (Å²) in [7, 11) is 0. The molecule has 0 bridgehead atoms. The summed E-state index contributed by atoms with van der Waals surface area (Å²) >= 11 is 0. The Morgan fingerprint density at radius 1 is 1.16 bits per heavy atom. The summed E-state index contributed by atoms with van der Waals surface area (Å²) in [5.74, 6) is -2.19. The number of ether oxygens (including phenoxy) is 3. The monoisotopic (exact) mass is 522 g/mol. The van der Waals surface area contributed by atoms with E-state index in [-0.39, 0.29) is 48.8 Å². The van der Waals surface area contributed by atoms with Crippen molar-refractivity contribution in [2.45, 2.75) is 65.7 Å². The van der Waals surface area contributed by atoms with Gasteiger partial charge in [0.15, 0.2) is 0 Å². The number of aromatic nitrogens is 2. The lowest BCUT2D eigenvalue weighted by molar-refractivity contribution is -0.188. The molecule has 1 aromatic carbocycles. The number of pyridine rings is 2. The molecule has 2 aliphatic rings. The van der Waals surface area contributed by atoms with Crippen LogP contribution in [-0.2, 0) is 53.8 Å². The number of hydrogen-bond acceptors (Lipinski definition) is 8. The van der Waals surface area contributed by atoms with Crippen LogP contribution in [0, 0.1) is 12.7 Å². The SMILES string of the molecule is CC[C@@]1(OC(C)=O)C(=O)OCc2c1cc1n(c2=O)Cc2c-1nc1cc(F)c(C)cc1c2CCCOC(C)=O. The highest BCUT2D eigenvalue weighted by Gasteiger charge is 2.50. The molecule has 10 heteroatoms. The average Bonchev–Trinajstić information content (AvgIpc) is 3.22. The van der Waals surface area contributed by atoms with E-state index in [0.717, 1.165) is 16.5 Å². The number of carbonyl (C=O) groups is 3. The lowest BCUT2D eigenvalue weighted by atomic mass is 9.85. The summed E-state index contributed by atoms with van der Waals surface area (Å²) in [5, 5.41) is 0.762. The Bertz CT molecular complexity index is 1590. The zero-order chi connectivity index (χ0) is 27.4. The van der Waals surface area contributed by atoms with Crippen LogP contribution in [0.15, 0.2) is 23.0 Å². The third-order valence-electron chi connectivity index (χ3n) is 7.25. The summed E-state index contributed by atoms with van der Waals surface area (Å²) in [6.07, 6.45) is 1.11. The van der Waals surface area contributed by atoms with Crippen LogP contribution in [0.4, 0.5) is 4.39 Å². The number of hydrogen-bond donors (Lipinski definition) is 0. The van der Waals surface area contributed by atoms with Crippen LogP contribution in [0.25, 0.3) is 22.3 Å². The number of benzene rings is 1. The Kier molecular flexibility index (Phi) is 6.28. The molecule has 2 aliphatic heterocycles. The van der Waals surface area contributed by atoms with Crippen LogP contribution in [0.2, 0.25) is 0 Å². The van der Waals surface area contributed by atoms with Crippen LogP contribution in [0.1, 0.15) is 61.4 Å². The standard InChI is InChI=1S/C28H27FN2O7/c1-5-28(38-16(4)33)21-10-24-25-19(12-31(24)26(34)20(21)13-37-27(28)35)17(7-6-8-36-15(3)32)18-9-14(2)22(29)11-23(18)30-25/h9-11H,5-8,12-13H2,1-4H3/t28-/m0/s1. The second-order valence-electron chi connectivity index (χ2n) is 9.64. The van der Waals surface area contributed by atoms with Gasteiger partial charge in [-0.1, -0.05) is 6.92 Å². The van der Waals surface area contributed by atoms with Crippen LogP contribution in [0.3, 0.4) is 0 Å².